The highest BCUT2D eigenvalue weighted by Crippen LogP contribution is 2.21. The summed E-state index contributed by atoms with van der Waals surface area (Å²) in [6.07, 6.45) is 4.74. The number of hydrogen-bond donors (Lipinski definition) is 2. The zero-order valence-electron chi connectivity index (χ0n) is 12.0. The molecule has 2 rings (SSSR count). The average Bonchev–Trinajstić information content (AvgIpc) is 2.48. The number of pyridine rings is 1. The third-order valence-corrected chi connectivity index (χ3v) is 2.77. The molecule has 0 bridgehead atoms. The van der Waals surface area contributed by atoms with Crippen LogP contribution in [0, 0.1) is 0 Å². The van der Waals surface area contributed by atoms with E-state index < -0.39 is 0 Å². The highest BCUT2D eigenvalue weighted by molar-refractivity contribution is 5.63. The molecule has 4 nitrogen and oxygen atoms in total. The number of nitrogens with one attached hydrogen (secondary N) is 2. The lowest BCUT2D eigenvalue weighted by Crippen LogP contribution is -2.01. The molecule has 0 amide bonds. The molecule has 20 heavy (non-hydrogen) atoms. The Labute approximate surface area is 120 Å². The first-order chi connectivity index (χ1) is 9.81. The summed E-state index contributed by atoms with van der Waals surface area (Å²) in [4.78, 5) is 4.23. The van der Waals surface area contributed by atoms with Gasteiger partial charge in [0.2, 0.25) is 0 Å². The molecule has 106 valence electrons. The normalized spacial score (nSPS) is 10.1. The summed E-state index contributed by atoms with van der Waals surface area (Å²) in [7, 11) is 0. The summed E-state index contributed by atoms with van der Waals surface area (Å²) in [6.45, 7) is 5.76. The van der Waals surface area contributed by atoms with Crippen molar-refractivity contribution in [3.8, 4) is 5.75 Å². The van der Waals surface area contributed by atoms with Gasteiger partial charge >= 0.3 is 0 Å². The van der Waals surface area contributed by atoms with Gasteiger partial charge < -0.3 is 15.4 Å². The highest BCUT2D eigenvalue weighted by Gasteiger charge is 1.98. The Kier molecular flexibility index (Phi) is 5.24. The van der Waals surface area contributed by atoms with Crippen molar-refractivity contribution in [1.82, 2.24) is 4.98 Å². The predicted molar refractivity (Wildman–Crippen MR) is 83.9 cm³/mol. The number of rotatable bonds is 7. The minimum atomic E-state index is 0.682. The second-order valence-corrected chi connectivity index (χ2v) is 4.47. The number of benzene rings is 1. The van der Waals surface area contributed by atoms with Gasteiger partial charge in [-0.1, -0.05) is 6.92 Å². The Morgan fingerprint density at radius 3 is 2.45 bits per heavy atom. The van der Waals surface area contributed by atoms with E-state index >= 15 is 0 Å². The van der Waals surface area contributed by atoms with E-state index in [1.54, 1.807) is 0 Å². The molecule has 2 aromatic rings. The van der Waals surface area contributed by atoms with Crippen molar-refractivity contribution in [2.24, 2.45) is 0 Å². The largest absolute Gasteiger partial charge is 0.494 e. The molecule has 0 fully saturated rings. The standard InChI is InChI=1S/C16H21N3O/c1-3-9-18-14-10-15(12-17-11-14)19-13-5-7-16(8-6-13)20-4-2/h5-8,10-12,18-19H,3-4,9H2,1-2H3. The van der Waals surface area contributed by atoms with Crippen LogP contribution in [0.2, 0.25) is 0 Å². The van der Waals surface area contributed by atoms with E-state index in [9.17, 15) is 0 Å². The lowest BCUT2D eigenvalue weighted by Gasteiger charge is -2.10. The van der Waals surface area contributed by atoms with Crippen LogP contribution >= 0.6 is 0 Å². The summed E-state index contributed by atoms with van der Waals surface area (Å²) in [5.74, 6) is 0.884. The second-order valence-electron chi connectivity index (χ2n) is 4.47. The Hall–Kier alpha value is -2.23. The number of nitrogens with zero attached hydrogens (tertiary/aromatic N) is 1. The van der Waals surface area contributed by atoms with Gasteiger partial charge in [0.25, 0.3) is 0 Å². The molecule has 0 aliphatic rings. The van der Waals surface area contributed by atoms with E-state index in [-0.39, 0.29) is 0 Å². The Morgan fingerprint density at radius 1 is 1.00 bits per heavy atom. The molecular weight excluding hydrogens is 250 g/mol. The molecule has 4 heteroatoms. The van der Waals surface area contributed by atoms with Crippen LogP contribution in [-0.4, -0.2) is 18.1 Å². The lowest BCUT2D eigenvalue weighted by atomic mass is 10.3. The molecule has 2 N–H and O–H groups in total. The predicted octanol–water partition coefficient (Wildman–Crippen LogP) is 4.05. The van der Waals surface area contributed by atoms with Gasteiger partial charge in [-0.15, -0.1) is 0 Å². The number of aromatic nitrogens is 1. The molecule has 0 atom stereocenters. The topological polar surface area (TPSA) is 46.2 Å². The van der Waals surface area contributed by atoms with Crippen molar-refractivity contribution < 1.29 is 4.74 Å². The Balaban J connectivity index is 2.01. The van der Waals surface area contributed by atoms with Gasteiger partial charge in [0.15, 0.2) is 0 Å². The summed E-state index contributed by atoms with van der Waals surface area (Å²) in [5.41, 5.74) is 3.01. The number of ether oxygens (including phenoxy) is 1. The van der Waals surface area contributed by atoms with Crippen molar-refractivity contribution in [2.45, 2.75) is 20.3 Å². The SMILES string of the molecule is CCCNc1cncc(Nc2ccc(OCC)cc2)c1. The zero-order valence-corrected chi connectivity index (χ0v) is 12.0. The van der Waals surface area contributed by atoms with Crippen molar-refractivity contribution in [1.29, 1.82) is 0 Å². The van der Waals surface area contributed by atoms with Crippen LogP contribution in [0.25, 0.3) is 0 Å². The average molecular weight is 271 g/mol. The summed E-state index contributed by atoms with van der Waals surface area (Å²) in [5, 5.41) is 6.66. The van der Waals surface area contributed by atoms with E-state index in [2.05, 4.69) is 28.6 Å². The van der Waals surface area contributed by atoms with Gasteiger partial charge in [0.05, 0.1) is 30.4 Å². The molecule has 0 radical (unpaired) electrons. The van der Waals surface area contributed by atoms with Gasteiger partial charge in [0, 0.05) is 12.2 Å². The van der Waals surface area contributed by atoms with Crippen LogP contribution in [0.4, 0.5) is 17.1 Å². The van der Waals surface area contributed by atoms with Crippen LogP contribution in [0.15, 0.2) is 42.7 Å². The second kappa shape index (κ2) is 7.38. The van der Waals surface area contributed by atoms with Crippen molar-refractivity contribution in [3.05, 3.63) is 42.7 Å². The molecule has 0 unspecified atom stereocenters. The van der Waals surface area contributed by atoms with Crippen molar-refractivity contribution >= 4 is 17.1 Å². The maximum absolute atomic E-state index is 5.42. The third kappa shape index (κ3) is 4.16. The van der Waals surface area contributed by atoms with E-state index in [0.29, 0.717) is 6.61 Å². The molecule has 0 spiro atoms. The first-order valence-electron chi connectivity index (χ1n) is 7.00. The van der Waals surface area contributed by atoms with Gasteiger partial charge in [-0.2, -0.15) is 0 Å². The van der Waals surface area contributed by atoms with Crippen LogP contribution in [0.1, 0.15) is 20.3 Å². The zero-order chi connectivity index (χ0) is 14.2. The van der Waals surface area contributed by atoms with Crippen LogP contribution in [-0.2, 0) is 0 Å². The molecule has 1 aromatic carbocycles. The fourth-order valence-electron chi connectivity index (χ4n) is 1.84. The van der Waals surface area contributed by atoms with Crippen LogP contribution in [0.5, 0.6) is 5.75 Å². The van der Waals surface area contributed by atoms with Crippen molar-refractivity contribution in [2.75, 3.05) is 23.8 Å². The van der Waals surface area contributed by atoms with Gasteiger partial charge in [-0.3, -0.25) is 4.98 Å². The van der Waals surface area contributed by atoms with E-state index in [4.69, 9.17) is 4.74 Å². The Morgan fingerprint density at radius 2 is 1.75 bits per heavy atom. The van der Waals surface area contributed by atoms with Crippen molar-refractivity contribution in [3.63, 3.8) is 0 Å². The third-order valence-electron chi connectivity index (χ3n) is 2.77. The van der Waals surface area contributed by atoms with Crippen LogP contribution < -0.4 is 15.4 Å². The first kappa shape index (κ1) is 14.2. The smallest absolute Gasteiger partial charge is 0.119 e. The molecule has 0 aliphatic heterocycles. The summed E-state index contributed by atoms with van der Waals surface area (Å²) >= 11 is 0. The quantitative estimate of drug-likeness (QED) is 0.797. The first-order valence-corrected chi connectivity index (χ1v) is 7.00. The fourth-order valence-corrected chi connectivity index (χ4v) is 1.84. The summed E-state index contributed by atoms with van der Waals surface area (Å²) in [6, 6.07) is 9.96. The number of anilines is 3. The molecule has 1 heterocycles. The summed E-state index contributed by atoms with van der Waals surface area (Å²) < 4.78 is 5.42. The van der Waals surface area contributed by atoms with Gasteiger partial charge in [0.1, 0.15) is 5.75 Å². The molecule has 0 aliphatic carbocycles. The van der Waals surface area contributed by atoms with E-state index in [0.717, 1.165) is 35.8 Å². The fraction of sp³-hybridized carbons (Fsp3) is 0.312. The van der Waals surface area contributed by atoms with E-state index in [1.165, 1.54) is 0 Å². The molecular formula is C16H21N3O. The van der Waals surface area contributed by atoms with Crippen LogP contribution in [0.3, 0.4) is 0 Å². The van der Waals surface area contributed by atoms with Gasteiger partial charge in [-0.05, 0) is 43.7 Å². The van der Waals surface area contributed by atoms with E-state index in [1.807, 2.05) is 43.6 Å². The Bertz CT molecular complexity index is 526. The minimum Gasteiger partial charge on any atom is -0.494 e. The monoisotopic (exact) mass is 271 g/mol. The highest BCUT2D eigenvalue weighted by atomic mass is 16.5. The number of hydrogen-bond acceptors (Lipinski definition) is 4. The van der Waals surface area contributed by atoms with Gasteiger partial charge in [-0.25, -0.2) is 0 Å². The molecule has 1 aromatic heterocycles. The molecule has 0 saturated heterocycles. The maximum atomic E-state index is 5.42. The maximum Gasteiger partial charge on any atom is 0.119 e. The molecule has 0 saturated carbocycles. The lowest BCUT2D eigenvalue weighted by molar-refractivity contribution is 0.340. The minimum absolute atomic E-state index is 0.682.